The van der Waals surface area contributed by atoms with Crippen molar-refractivity contribution >= 4 is 23.4 Å². The molecule has 0 amide bonds. The summed E-state index contributed by atoms with van der Waals surface area (Å²) in [6.07, 6.45) is 3.70. The number of benzene rings is 1. The molecule has 0 unspecified atom stereocenters. The van der Waals surface area contributed by atoms with Gasteiger partial charge in [0.2, 0.25) is 6.79 Å². The fourth-order valence-corrected chi connectivity index (χ4v) is 2.93. The zero-order chi connectivity index (χ0) is 12.5. The second-order valence-corrected chi connectivity index (χ2v) is 5.26. The number of hydrogen-bond acceptors (Lipinski definition) is 4. The SMILES string of the molecule is Cn1ccnc1SCc1cc2c(cc1Cl)OCO2. The topological polar surface area (TPSA) is 36.3 Å². The van der Waals surface area contributed by atoms with Crippen molar-refractivity contribution in [3.63, 3.8) is 0 Å². The lowest BCUT2D eigenvalue weighted by Gasteiger charge is -2.06. The molecule has 0 saturated heterocycles. The van der Waals surface area contributed by atoms with Gasteiger partial charge in [0.15, 0.2) is 16.7 Å². The molecule has 1 aromatic heterocycles. The Morgan fingerprint density at radius 2 is 2.17 bits per heavy atom. The molecule has 1 aromatic carbocycles. The third-order valence-corrected chi connectivity index (χ3v) is 4.13. The molecule has 1 aliphatic rings. The minimum atomic E-state index is 0.266. The van der Waals surface area contributed by atoms with E-state index in [1.54, 1.807) is 24.0 Å². The average Bonchev–Trinajstić information content (AvgIpc) is 2.95. The van der Waals surface area contributed by atoms with Gasteiger partial charge in [-0.15, -0.1) is 0 Å². The quantitative estimate of drug-likeness (QED) is 0.811. The third kappa shape index (κ3) is 2.15. The van der Waals surface area contributed by atoms with Gasteiger partial charge in [-0.3, -0.25) is 0 Å². The van der Waals surface area contributed by atoms with Crippen LogP contribution in [0.1, 0.15) is 5.56 Å². The number of aromatic nitrogens is 2. The zero-order valence-corrected chi connectivity index (χ0v) is 11.3. The minimum absolute atomic E-state index is 0.266. The molecule has 2 aromatic rings. The van der Waals surface area contributed by atoms with Crippen LogP contribution in [0.2, 0.25) is 5.02 Å². The van der Waals surface area contributed by atoms with E-state index in [2.05, 4.69) is 4.98 Å². The summed E-state index contributed by atoms with van der Waals surface area (Å²) in [5.41, 5.74) is 1.02. The number of rotatable bonds is 3. The number of ether oxygens (including phenoxy) is 2. The molecule has 4 nitrogen and oxygen atoms in total. The Morgan fingerprint density at radius 1 is 1.39 bits per heavy atom. The molecule has 18 heavy (non-hydrogen) atoms. The third-order valence-electron chi connectivity index (χ3n) is 2.68. The highest BCUT2D eigenvalue weighted by Gasteiger charge is 2.16. The molecule has 6 heteroatoms. The molecule has 0 aliphatic carbocycles. The monoisotopic (exact) mass is 282 g/mol. The Morgan fingerprint density at radius 3 is 2.89 bits per heavy atom. The fraction of sp³-hybridized carbons (Fsp3) is 0.250. The van der Waals surface area contributed by atoms with Gasteiger partial charge >= 0.3 is 0 Å². The van der Waals surface area contributed by atoms with Crippen molar-refractivity contribution in [3.8, 4) is 11.5 Å². The molecular weight excluding hydrogens is 272 g/mol. The number of hydrogen-bond donors (Lipinski definition) is 0. The van der Waals surface area contributed by atoms with Gasteiger partial charge in [-0.05, 0) is 11.6 Å². The van der Waals surface area contributed by atoms with E-state index >= 15 is 0 Å². The minimum Gasteiger partial charge on any atom is -0.454 e. The number of nitrogens with zero attached hydrogens (tertiary/aromatic N) is 2. The molecule has 0 saturated carbocycles. The lowest BCUT2D eigenvalue weighted by Crippen LogP contribution is -1.93. The van der Waals surface area contributed by atoms with Crippen LogP contribution >= 0.6 is 23.4 Å². The van der Waals surface area contributed by atoms with E-state index in [4.69, 9.17) is 21.1 Å². The summed E-state index contributed by atoms with van der Waals surface area (Å²) in [6, 6.07) is 3.73. The fourth-order valence-electron chi connectivity index (χ4n) is 1.70. The van der Waals surface area contributed by atoms with E-state index in [1.165, 1.54) is 0 Å². The van der Waals surface area contributed by atoms with Crippen molar-refractivity contribution in [1.29, 1.82) is 0 Å². The number of imidazole rings is 1. The van der Waals surface area contributed by atoms with Gasteiger partial charge < -0.3 is 14.0 Å². The molecule has 0 atom stereocenters. The van der Waals surface area contributed by atoms with E-state index in [-0.39, 0.29) is 6.79 Å². The Bertz CT molecular complexity index is 585. The molecule has 94 valence electrons. The summed E-state index contributed by atoms with van der Waals surface area (Å²) in [5.74, 6) is 2.22. The Labute approximate surface area is 114 Å². The van der Waals surface area contributed by atoms with Crippen LogP contribution in [0.5, 0.6) is 11.5 Å². The Hall–Kier alpha value is -1.33. The number of aryl methyl sites for hydroxylation is 1. The van der Waals surface area contributed by atoms with Crippen LogP contribution in [0.4, 0.5) is 0 Å². The van der Waals surface area contributed by atoms with E-state index in [0.717, 1.165) is 22.2 Å². The molecular formula is C12H11ClN2O2S. The lowest BCUT2D eigenvalue weighted by atomic mass is 10.2. The maximum absolute atomic E-state index is 6.21. The van der Waals surface area contributed by atoms with Crippen molar-refractivity contribution in [2.45, 2.75) is 10.9 Å². The van der Waals surface area contributed by atoms with Crippen LogP contribution in [-0.2, 0) is 12.8 Å². The van der Waals surface area contributed by atoms with E-state index in [0.29, 0.717) is 10.8 Å². The first-order valence-corrected chi connectivity index (χ1v) is 6.78. The van der Waals surface area contributed by atoms with Gasteiger partial charge in [0.1, 0.15) is 0 Å². The second kappa shape index (κ2) is 4.74. The summed E-state index contributed by atoms with van der Waals surface area (Å²) in [6.45, 7) is 0.266. The molecule has 1 aliphatic heterocycles. The van der Waals surface area contributed by atoms with Crippen molar-refractivity contribution in [2.24, 2.45) is 7.05 Å². The van der Waals surface area contributed by atoms with E-state index in [1.807, 2.05) is 23.9 Å². The molecule has 0 N–H and O–H groups in total. The van der Waals surface area contributed by atoms with Gasteiger partial charge in [0, 0.05) is 36.3 Å². The number of thioether (sulfide) groups is 1. The summed E-state index contributed by atoms with van der Waals surface area (Å²) in [7, 11) is 1.97. The molecule has 2 heterocycles. The standard InChI is InChI=1S/C12H11ClN2O2S/c1-15-3-2-14-12(15)18-6-8-4-10-11(5-9(8)13)17-7-16-10/h2-5H,6-7H2,1H3. The number of halogens is 1. The van der Waals surface area contributed by atoms with Crippen LogP contribution < -0.4 is 9.47 Å². The number of fused-ring (bicyclic) bond motifs is 1. The van der Waals surface area contributed by atoms with Crippen LogP contribution in [0, 0.1) is 0 Å². The summed E-state index contributed by atoms with van der Waals surface area (Å²) in [5, 5.41) is 1.66. The molecule has 0 spiro atoms. The van der Waals surface area contributed by atoms with Gasteiger partial charge in [0.25, 0.3) is 0 Å². The Kier molecular flexibility index (Phi) is 3.09. The molecule has 0 bridgehead atoms. The smallest absolute Gasteiger partial charge is 0.231 e. The van der Waals surface area contributed by atoms with Crippen LogP contribution in [0.25, 0.3) is 0 Å². The largest absolute Gasteiger partial charge is 0.454 e. The van der Waals surface area contributed by atoms with Crippen molar-refractivity contribution in [2.75, 3.05) is 6.79 Å². The highest BCUT2D eigenvalue weighted by Crippen LogP contribution is 2.38. The summed E-state index contributed by atoms with van der Waals surface area (Å²) in [4.78, 5) is 4.26. The highest BCUT2D eigenvalue weighted by molar-refractivity contribution is 7.98. The zero-order valence-electron chi connectivity index (χ0n) is 9.72. The Balaban J connectivity index is 1.79. The van der Waals surface area contributed by atoms with Crippen LogP contribution in [0.3, 0.4) is 0 Å². The van der Waals surface area contributed by atoms with Crippen molar-refractivity contribution in [1.82, 2.24) is 9.55 Å². The highest BCUT2D eigenvalue weighted by atomic mass is 35.5. The van der Waals surface area contributed by atoms with E-state index in [9.17, 15) is 0 Å². The first-order chi connectivity index (χ1) is 8.74. The van der Waals surface area contributed by atoms with Gasteiger partial charge in [0.05, 0.1) is 0 Å². The molecule has 0 fully saturated rings. The predicted octanol–water partition coefficient (Wildman–Crippen LogP) is 3.09. The van der Waals surface area contributed by atoms with Gasteiger partial charge in [-0.1, -0.05) is 23.4 Å². The first kappa shape index (κ1) is 11.7. The first-order valence-electron chi connectivity index (χ1n) is 5.42. The van der Waals surface area contributed by atoms with Gasteiger partial charge in [-0.2, -0.15) is 0 Å². The van der Waals surface area contributed by atoms with Gasteiger partial charge in [-0.25, -0.2) is 4.98 Å². The maximum atomic E-state index is 6.21. The maximum Gasteiger partial charge on any atom is 0.231 e. The normalized spacial score (nSPS) is 13.0. The average molecular weight is 283 g/mol. The second-order valence-electron chi connectivity index (χ2n) is 3.91. The van der Waals surface area contributed by atoms with Crippen LogP contribution in [0.15, 0.2) is 29.7 Å². The van der Waals surface area contributed by atoms with Crippen molar-refractivity contribution in [3.05, 3.63) is 35.1 Å². The summed E-state index contributed by atoms with van der Waals surface area (Å²) < 4.78 is 12.6. The summed E-state index contributed by atoms with van der Waals surface area (Å²) >= 11 is 7.85. The molecule has 3 rings (SSSR count). The predicted molar refractivity (Wildman–Crippen MR) is 70.3 cm³/mol. The lowest BCUT2D eigenvalue weighted by molar-refractivity contribution is 0.174. The van der Waals surface area contributed by atoms with Crippen molar-refractivity contribution < 1.29 is 9.47 Å². The van der Waals surface area contributed by atoms with E-state index < -0.39 is 0 Å². The van der Waals surface area contributed by atoms with Crippen LogP contribution in [-0.4, -0.2) is 16.3 Å². The molecule has 0 radical (unpaired) electrons.